The van der Waals surface area contributed by atoms with Crippen molar-refractivity contribution in [3.63, 3.8) is 0 Å². The Balaban J connectivity index is 0.000000187. The number of aromatic nitrogens is 4. The number of nitrogens with zero attached hydrogens (tertiary/aromatic N) is 4. The number of furan rings is 1. The van der Waals surface area contributed by atoms with E-state index < -0.39 is 8.07 Å². The molecule has 337 valence electrons. The maximum absolute atomic E-state index is 6.44. The second kappa shape index (κ2) is 18.7. The van der Waals surface area contributed by atoms with Crippen LogP contribution in [0, 0.1) is 36.8 Å². The van der Waals surface area contributed by atoms with Crippen molar-refractivity contribution in [2.24, 2.45) is 17.8 Å². The van der Waals surface area contributed by atoms with Crippen molar-refractivity contribution >= 4 is 46.4 Å². The Kier molecular flexibility index (Phi) is 12.9. The summed E-state index contributed by atoms with van der Waals surface area (Å²) in [4.78, 5) is 14.7. The summed E-state index contributed by atoms with van der Waals surface area (Å²) in [5, 5.41) is 3.58. The molecule has 4 heterocycles. The molecule has 2 aliphatic carbocycles. The van der Waals surface area contributed by atoms with E-state index in [1.807, 2.05) is 37.3 Å². The first-order valence-electron chi connectivity index (χ1n) is 23.8. The molecule has 0 saturated heterocycles. The van der Waals surface area contributed by atoms with Gasteiger partial charge in [-0.2, -0.15) is 0 Å². The van der Waals surface area contributed by atoms with Gasteiger partial charge in [0.25, 0.3) is 0 Å². The molecular formula is C59H60IrN4OSi-2. The number of rotatable bonds is 9. The maximum atomic E-state index is 6.44. The van der Waals surface area contributed by atoms with E-state index in [1.165, 1.54) is 60.0 Å². The average Bonchev–Trinajstić information content (AvgIpc) is 4.11. The fourth-order valence-electron chi connectivity index (χ4n) is 10.9. The van der Waals surface area contributed by atoms with Crippen molar-refractivity contribution in [2.75, 3.05) is 0 Å². The quantitative estimate of drug-likeness (QED) is 0.107. The topological polar surface area (TPSA) is 56.7 Å². The summed E-state index contributed by atoms with van der Waals surface area (Å²) in [6, 6.07) is 49.3. The molecule has 2 bridgehead atoms. The molecule has 0 amide bonds. The molecule has 11 rings (SSSR count). The smallest absolute Gasteiger partial charge is 0.216 e. The molecule has 3 atom stereocenters. The third kappa shape index (κ3) is 8.78. The van der Waals surface area contributed by atoms with E-state index in [1.54, 1.807) is 10.8 Å². The number of para-hydroxylation sites is 2. The van der Waals surface area contributed by atoms with Crippen molar-refractivity contribution in [3.05, 3.63) is 162 Å². The predicted molar refractivity (Wildman–Crippen MR) is 273 cm³/mol. The van der Waals surface area contributed by atoms with Crippen LogP contribution in [0.4, 0.5) is 0 Å². The molecule has 0 spiro atoms. The van der Waals surface area contributed by atoms with E-state index in [9.17, 15) is 0 Å². The second-order valence-corrected chi connectivity index (χ2v) is 25.4. The molecule has 5 aromatic carbocycles. The fraction of sp³-hybridized carbons (Fsp3) is 0.305. The molecule has 3 unspecified atom stereocenters. The largest absolute Gasteiger partial charge is 0.486 e. The normalized spacial score (nSPS) is 16.9. The summed E-state index contributed by atoms with van der Waals surface area (Å²) in [5.41, 5.74) is 15.2. The second-order valence-electron chi connectivity index (χ2n) is 20.3. The minimum Gasteiger partial charge on any atom is -0.486 e. The van der Waals surface area contributed by atoms with Crippen molar-refractivity contribution in [1.29, 1.82) is 0 Å². The van der Waals surface area contributed by atoms with Gasteiger partial charge in [0.1, 0.15) is 0 Å². The molecule has 1 radical (unpaired) electrons. The zero-order chi connectivity index (χ0) is 45.0. The van der Waals surface area contributed by atoms with Crippen LogP contribution in [0.3, 0.4) is 0 Å². The zero-order valence-corrected chi connectivity index (χ0v) is 43.0. The van der Waals surface area contributed by atoms with E-state index >= 15 is 0 Å². The number of fused-ring (bicyclic) bond motifs is 6. The van der Waals surface area contributed by atoms with Crippen LogP contribution in [0.2, 0.25) is 19.6 Å². The van der Waals surface area contributed by atoms with Crippen LogP contribution in [0.1, 0.15) is 87.6 Å². The van der Waals surface area contributed by atoms with Gasteiger partial charge in [0.15, 0.2) is 0 Å². The number of hydrogen-bond acceptors (Lipinski definition) is 4. The Morgan fingerprint density at radius 3 is 2.17 bits per heavy atom. The van der Waals surface area contributed by atoms with E-state index in [4.69, 9.17) is 14.4 Å². The van der Waals surface area contributed by atoms with E-state index in [0.29, 0.717) is 17.5 Å². The molecule has 2 fully saturated rings. The average molecular weight is 1060 g/mol. The first-order chi connectivity index (χ1) is 31.4. The van der Waals surface area contributed by atoms with E-state index in [0.717, 1.165) is 73.5 Å². The van der Waals surface area contributed by atoms with Crippen LogP contribution in [-0.2, 0) is 26.5 Å². The van der Waals surface area contributed by atoms with Crippen LogP contribution in [-0.4, -0.2) is 27.6 Å². The van der Waals surface area contributed by atoms with Gasteiger partial charge in [-0.15, -0.1) is 54.1 Å². The zero-order valence-electron chi connectivity index (χ0n) is 39.6. The summed E-state index contributed by atoms with van der Waals surface area (Å²) in [6.07, 6.45) is 9.38. The monoisotopic (exact) mass is 1060 g/mol. The first kappa shape index (κ1) is 45.7. The van der Waals surface area contributed by atoms with Crippen molar-refractivity contribution in [1.82, 2.24) is 19.5 Å². The van der Waals surface area contributed by atoms with Crippen LogP contribution in [0.25, 0.3) is 72.6 Å². The third-order valence-electron chi connectivity index (χ3n) is 14.1. The van der Waals surface area contributed by atoms with Gasteiger partial charge in [0, 0.05) is 43.1 Å². The number of benzene rings is 5. The molecule has 0 N–H and O–H groups in total. The van der Waals surface area contributed by atoms with E-state index in [-0.39, 0.29) is 20.1 Å². The van der Waals surface area contributed by atoms with Crippen LogP contribution < -0.4 is 5.19 Å². The van der Waals surface area contributed by atoms with Gasteiger partial charge >= 0.3 is 0 Å². The number of imidazole rings is 1. The molecule has 2 saturated carbocycles. The minimum absolute atomic E-state index is 0. The Hall–Kier alpha value is -5.46. The summed E-state index contributed by atoms with van der Waals surface area (Å²) >= 11 is 0. The van der Waals surface area contributed by atoms with Gasteiger partial charge in [-0.05, 0) is 132 Å². The standard InChI is InChI=1S/C37H32N3O.C22H28NSi.Ir/c1-22(2)30-20-26(25-12-7-6-8-13-25)21-31(23(3)4)34(30)40-33-17-10-9-16-32(33)39-36(40)29-15-11-14-27-28-19-18-24(5)38-37(28)41-35(27)29;1-24(2,3)22-15-23-21(17-7-5-4-6-8-17)14-20(22)13-19-12-16-9-10-18(19)11-16;/h6-14,16-23H,1-5H3;4-7,14-16,18-19H,9-13H2,1-3H3;/q2*-1;. The van der Waals surface area contributed by atoms with Crippen molar-refractivity contribution < 1.29 is 24.5 Å². The summed E-state index contributed by atoms with van der Waals surface area (Å²) < 4.78 is 8.78. The van der Waals surface area contributed by atoms with Gasteiger partial charge in [-0.25, -0.2) is 4.98 Å². The molecule has 4 aromatic heterocycles. The predicted octanol–water partition coefficient (Wildman–Crippen LogP) is 15.1. The number of pyridine rings is 2. The maximum Gasteiger partial charge on any atom is 0.216 e. The van der Waals surface area contributed by atoms with Gasteiger partial charge in [-0.1, -0.05) is 119 Å². The van der Waals surface area contributed by atoms with E-state index in [2.05, 4.69) is 166 Å². The fourth-order valence-corrected chi connectivity index (χ4v) is 12.5. The summed E-state index contributed by atoms with van der Waals surface area (Å²) in [5.74, 6) is 4.33. The van der Waals surface area contributed by atoms with Gasteiger partial charge in [0.05, 0.1) is 30.5 Å². The number of aryl methyl sites for hydroxylation is 1. The van der Waals surface area contributed by atoms with Crippen molar-refractivity contribution in [2.45, 2.75) is 98.2 Å². The molecule has 0 aliphatic heterocycles. The van der Waals surface area contributed by atoms with Crippen molar-refractivity contribution in [3.8, 4) is 39.5 Å². The Morgan fingerprint density at radius 2 is 1.48 bits per heavy atom. The Morgan fingerprint density at radius 1 is 0.742 bits per heavy atom. The van der Waals surface area contributed by atoms with Gasteiger partial charge in [0.2, 0.25) is 5.71 Å². The summed E-state index contributed by atoms with van der Waals surface area (Å²) in [6.45, 7) is 18.4. The first-order valence-corrected chi connectivity index (χ1v) is 27.3. The summed E-state index contributed by atoms with van der Waals surface area (Å²) in [7, 11) is -1.37. The van der Waals surface area contributed by atoms with Crippen LogP contribution in [0.5, 0.6) is 0 Å². The third-order valence-corrected chi connectivity index (χ3v) is 16.2. The Bertz CT molecular complexity index is 3130. The molecule has 9 aromatic rings. The van der Waals surface area contributed by atoms with Crippen LogP contribution in [0.15, 0.2) is 132 Å². The number of hydrogen-bond donors (Lipinski definition) is 0. The van der Waals surface area contributed by atoms with Crippen LogP contribution >= 0.6 is 0 Å². The molecule has 66 heavy (non-hydrogen) atoms. The Labute approximate surface area is 405 Å². The SMILES string of the molecule is C[Si](C)(C)c1cnc(-c2[c-]cccc2)cc1CC1CC2CCC1C2.Cc1ccc2c(n1)oc1c(-c3nc4ccccc4n3-c3c(C(C)C)cc(-c4ccccc4)cc3C(C)C)[c-]ccc12.[Ir]. The molecular weight excluding hydrogens is 1000 g/mol. The molecule has 5 nitrogen and oxygen atoms in total. The molecule has 2 aliphatic rings. The van der Waals surface area contributed by atoms with Gasteiger partial charge in [-0.3, -0.25) is 4.98 Å². The molecule has 7 heteroatoms. The minimum atomic E-state index is -1.37. The van der Waals surface area contributed by atoms with Gasteiger partial charge < -0.3 is 14.0 Å².